The minimum absolute atomic E-state index is 0.234. The van der Waals surface area contributed by atoms with Crippen molar-refractivity contribution < 1.29 is 19.1 Å². The van der Waals surface area contributed by atoms with Crippen LogP contribution in [0.5, 0.6) is 0 Å². The number of aromatic nitrogens is 2. The molecule has 3 rings (SSSR count). The average molecular weight is 317 g/mol. The summed E-state index contributed by atoms with van der Waals surface area (Å²) in [5, 5.41) is 16.0. The van der Waals surface area contributed by atoms with Crippen molar-refractivity contribution in [3.05, 3.63) is 41.8 Å². The highest BCUT2D eigenvalue weighted by atomic mass is 19.1. The Balaban J connectivity index is 1.83. The average Bonchev–Trinajstić information content (AvgIpc) is 3.04. The molecule has 0 bridgehead atoms. The summed E-state index contributed by atoms with van der Waals surface area (Å²) in [6, 6.07) is 6.53. The Morgan fingerprint density at radius 1 is 1.26 bits per heavy atom. The van der Waals surface area contributed by atoms with Gasteiger partial charge in [-0.2, -0.15) is 5.10 Å². The summed E-state index contributed by atoms with van der Waals surface area (Å²) in [6.45, 7) is 0.417. The van der Waals surface area contributed by atoms with E-state index in [0.717, 1.165) is 12.8 Å². The maximum atomic E-state index is 13.0. The van der Waals surface area contributed by atoms with Gasteiger partial charge >= 0.3 is 5.97 Å². The van der Waals surface area contributed by atoms with Crippen molar-refractivity contribution in [3.63, 3.8) is 0 Å². The number of piperidine rings is 1. The Morgan fingerprint density at radius 2 is 2.00 bits per heavy atom. The third-order valence-electron chi connectivity index (χ3n) is 4.00. The number of amides is 1. The number of hydrogen-bond acceptors (Lipinski definition) is 3. The van der Waals surface area contributed by atoms with Crippen LogP contribution in [0.15, 0.2) is 30.3 Å². The number of carboxylic acids is 1. The molecule has 0 aliphatic carbocycles. The normalized spacial score (nSPS) is 18.0. The van der Waals surface area contributed by atoms with Crippen LogP contribution < -0.4 is 0 Å². The highest BCUT2D eigenvalue weighted by Gasteiger charge is 2.33. The maximum Gasteiger partial charge on any atom is 0.326 e. The number of likely N-dealkylation sites (tertiary alicyclic amines) is 1. The monoisotopic (exact) mass is 317 g/mol. The molecule has 1 aromatic carbocycles. The molecule has 0 spiro atoms. The number of benzene rings is 1. The summed E-state index contributed by atoms with van der Waals surface area (Å²) in [5.41, 5.74) is 1.42. The molecule has 2 heterocycles. The van der Waals surface area contributed by atoms with Crippen molar-refractivity contribution in [1.29, 1.82) is 0 Å². The van der Waals surface area contributed by atoms with Crippen LogP contribution >= 0.6 is 0 Å². The highest BCUT2D eigenvalue weighted by molar-refractivity contribution is 5.96. The lowest BCUT2D eigenvalue weighted by atomic mass is 10.0. The van der Waals surface area contributed by atoms with E-state index in [0.29, 0.717) is 24.2 Å². The maximum absolute atomic E-state index is 13.0. The number of nitrogens with one attached hydrogen (secondary N) is 1. The SMILES string of the molecule is O=C(O)C1CCCCN1C(=O)c1cc(-c2ccc(F)cc2)n[nH]1. The van der Waals surface area contributed by atoms with E-state index in [2.05, 4.69) is 10.2 Å². The standard InChI is InChI=1S/C16H16FN3O3/c17-11-6-4-10(5-7-11)12-9-13(19-18-12)15(21)20-8-2-1-3-14(20)16(22)23/h4-7,9,14H,1-3,8H2,(H,18,19)(H,22,23). The first-order valence-corrected chi connectivity index (χ1v) is 7.41. The van der Waals surface area contributed by atoms with Gasteiger partial charge < -0.3 is 10.0 Å². The first-order valence-electron chi connectivity index (χ1n) is 7.41. The van der Waals surface area contributed by atoms with Crippen LogP contribution in [0.25, 0.3) is 11.3 Å². The van der Waals surface area contributed by atoms with Gasteiger partial charge in [-0.25, -0.2) is 9.18 Å². The molecule has 1 aliphatic rings. The number of carbonyl (C=O) groups is 2. The number of halogens is 1. The van der Waals surface area contributed by atoms with Gasteiger partial charge in [-0.15, -0.1) is 0 Å². The summed E-state index contributed by atoms with van der Waals surface area (Å²) in [5.74, 6) is -1.72. The van der Waals surface area contributed by atoms with Gasteiger partial charge in [0.05, 0.1) is 5.69 Å². The Labute approximate surface area is 131 Å². The molecule has 1 saturated heterocycles. The molecule has 1 aliphatic heterocycles. The van der Waals surface area contributed by atoms with Crippen LogP contribution in [-0.2, 0) is 4.79 Å². The molecule has 0 saturated carbocycles. The van der Waals surface area contributed by atoms with Gasteiger partial charge in [0.1, 0.15) is 17.6 Å². The fourth-order valence-electron chi connectivity index (χ4n) is 2.79. The third-order valence-corrected chi connectivity index (χ3v) is 4.00. The number of aromatic amines is 1. The Kier molecular flexibility index (Phi) is 4.10. The minimum atomic E-state index is -0.990. The largest absolute Gasteiger partial charge is 0.480 e. The molecule has 120 valence electrons. The van der Waals surface area contributed by atoms with Gasteiger partial charge in [-0.05, 0) is 49.6 Å². The van der Waals surface area contributed by atoms with E-state index in [1.807, 2.05) is 0 Å². The van der Waals surface area contributed by atoms with Crippen molar-refractivity contribution in [2.75, 3.05) is 6.54 Å². The fourth-order valence-corrected chi connectivity index (χ4v) is 2.79. The van der Waals surface area contributed by atoms with Crippen LogP contribution in [0.2, 0.25) is 0 Å². The molecular weight excluding hydrogens is 301 g/mol. The molecule has 1 atom stereocenters. The van der Waals surface area contributed by atoms with Crippen molar-refractivity contribution in [2.24, 2.45) is 0 Å². The second-order valence-corrected chi connectivity index (χ2v) is 5.52. The molecule has 2 aromatic rings. The van der Waals surface area contributed by atoms with Gasteiger partial charge in [-0.1, -0.05) is 0 Å². The van der Waals surface area contributed by atoms with Crippen LogP contribution in [0.4, 0.5) is 4.39 Å². The van der Waals surface area contributed by atoms with Crippen molar-refractivity contribution in [3.8, 4) is 11.3 Å². The third kappa shape index (κ3) is 3.08. The van der Waals surface area contributed by atoms with Crippen LogP contribution in [-0.4, -0.2) is 44.7 Å². The van der Waals surface area contributed by atoms with E-state index in [1.54, 1.807) is 18.2 Å². The zero-order valence-corrected chi connectivity index (χ0v) is 12.3. The summed E-state index contributed by atoms with van der Waals surface area (Å²) in [6.07, 6.45) is 2.04. The number of H-pyrrole nitrogens is 1. The van der Waals surface area contributed by atoms with Crippen molar-refractivity contribution in [1.82, 2.24) is 15.1 Å². The van der Waals surface area contributed by atoms with Gasteiger partial charge in [-0.3, -0.25) is 9.89 Å². The first-order chi connectivity index (χ1) is 11.1. The lowest BCUT2D eigenvalue weighted by molar-refractivity contribution is -0.143. The van der Waals surface area contributed by atoms with E-state index >= 15 is 0 Å². The summed E-state index contributed by atoms with van der Waals surface area (Å²) in [4.78, 5) is 25.2. The lowest BCUT2D eigenvalue weighted by Gasteiger charge is -2.32. The quantitative estimate of drug-likeness (QED) is 0.909. The lowest BCUT2D eigenvalue weighted by Crippen LogP contribution is -2.48. The predicted molar refractivity (Wildman–Crippen MR) is 80.3 cm³/mol. The predicted octanol–water partition coefficient (Wildman–Crippen LogP) is 2.30. The van der Waals surface area contributed by atoms with E-state index in [1.165, 1.54) is 17.0 Å². The second kappa shape index (κ2) is 6.20. The fraction of sp³-hybridized carbons (Fsp3) is 0.312. The van der Waals surface area contributed by atoms with E-state index in [-0.39, 0.29) is 17.4 Å². The molecule has 0 radical (unpaired) electrons. The van der Waals surface area contributed by atoms with Gasteiger partial charge in [0.25, 0.3) is 5.91 Å². The van der Waals surface area contributed by atoms with Crippen molar-refractivity contribution >= 4 is 11.9 Å². The number of carboxylic acid groups (broad SMARTS) is 1. The first kappa shape index (κ1) is 15.2. The number of carbonyl (C=O) groups excluding carboxylic acids is 1. The highest BCUT2D eigenvalue weighted by Crippen LogP contribution is 2.22. The zero-order chi connectivity index (χ0) is 16.4. The molecule has 23 heavy (non-hydrogen) atoms. The minimum Gasteiger partial charge on any atom is -0.480 e. The van der Waals surface area contributed by atoms with E-state index in [9.17, 15) is 19.1 Å². The van der Waals surface area contributed by atoms with Crippen molar-refractivity contribution in [2.45, 2.75) is 25.3 Å². The van der Waals surface area contributed by atoms with Crippen LogP contribution in [0, 0.1) is 5.82 Å². The molecule has 1 unspecified atom stereocenters. The molecule has 1 fully saturated rings. The van der Waals surface area contributed by atoms with E-state index in [4.69, 9.17) is 0 Å². The molecule has 1 aromatic heterocycles. The van der Waals surface area contributed by atoms with Crippen LogP contribution in [0.1, 0.15) is 29.8 Å². The summed E-state index contributed by atoms with van der Waals surface area (Å²) < 4.78 is 13.0. The van der Waals surface area contributed by atoms with Gasteiger partial charge in [0, 0.05) is 12.1 Å². The number of aliphatic carboxylic acids is 1. The Bertz CT molecular complexity index is 726. The second-order valence-electron chi connectivity index (χ2n) is 5.52. The number of rotatable bonds is 3. The molecule has 6 nitrogen and oxygen atoms in total. The Morgan fingerprint density at radius 3 is 2.70 bits per heavy atom. The topological polar surface area (TPSA) is 86.3 Å². The summed E-state index contributed by atoms with van der Waals surface area (Å²) in [7, 11) is 0. The zero-order valence-electron chi connectivity index (χ0n) is 12.3. The molecule has 1 amide bonds. The molecule has 7 heteroatoms. The van der Waals surface area contributed by atoms with Crippen LogP contribution in [0.3, 0.4) is 0 Å². The molecule has 2 N–H and O–H groups in total. The van der Waals surface area contributed by atoms with Gasteiger partial charge in [0.15, 0.2) is 0 Å². The molecular formula is C16H16FN3O3. The van der Waals surface area contributed by atoms with E-state index < -0.39 is 12.0 Å². The number of nitrogens with zero attached hydrogens (tertiary/aromatic N) is 2. The number of hydrogen-bond donors (Lipinski definition) is 2. The summed E-state index contributed by atoms with van der Waals surface area (Å²) >= 11 is 0. The Hall–Kier alpha value is -2.70. The smallest absolute Gasteiger partial charge is 0.326 e. The van der Waals surface area contributed by atoms with Gasteiger partial charge in [0.2, 0.25) is 0 Å².